The summed E-state index contributed by atoms with van der Waals surface area (Å²) in [7, 11) is 2.15. The van der Waals surface area contributed by atoms with E-state index in [0.29, 0.717) is 0 Å². The van der Waals surface area contributed by atoms with E-state index >= 15 is 0 Å². The summed E-state index contributed by atoms with van der Waals surface area (Å²) in [6, 6.07) is 10.5. The highest BCUT2D eigenvalue weighted by Gasteiger charge is 2.14. The van der Waals surface area contributed by atoms with Gasteiger partial charge in [-0.2, -0.15) is 0 Å². The van der Waals surface area contributed by atoms with Crippen LogP contribution in [0.4, 0.5) is 11.4 Å². The van der Waals surface area contributed by atoms with Crippen LogP contribution in [-0.2, 0) is 9.53 Å². The molecule has 6 rings (SSSR count). The van der Waals surface area contributed by atoms with Crippen LogP contribution in [0.25, 0.3) is 26.8 Å². The molecule has 0 unspecified atom stereocenters. The molecular weight excluding hydrogens is 486 g/mol. The van der Waals surface area contributed by atoms with Crippen LogP contribution in [-0.4, -0.2) is 90.7 Å². The quantitative estimate of drug-likeness (QED) is 0.253. The Bertz CT molecular complexity index is 1360. The highest BCUT2D eigenvalue weighted by atomic mass is 32.1. The third-order valence-corrected chi connectivity index (χ3v) is 7.45. The van der Waals surface area contributed by atoms with Crippen LogP contribution in [0.5, 0.6) is 0 Å². The molecule has 1 fully saturated rings. The number of ether oxygens (including phenoxy) is 1. The van der Waals surface area contributed by atoms with E-state index in [2.05, 4.69) is 72.8 Å². The second kappa shape index (κ2) is 12.3. The molecular formula is C27H33N7O2S. The standard InChI is InChI=1S/C20H19N5S.C7H14N2O2/c1-25-8-5-13(6-9-25)18-11-15-16(4-7-21-20(15)24-18)23-14-2-3-17-19(10-14)26-12-22-17;10-7-8-1-2-9-3-5-11-6-4-9/h2-5,7,10-12H,6,8-9H2,1H3,(H2,21,23,24);7H,1-6H2,(H,8,10). The first kappa shape index (κ1) is 25.3. The summed E-state index contributed by atoms with van der Waals surface area (Å²) in [5.74, 6) is 0. The van der Waals surface area contributed by atoms with Crippen molar-refractivity contribution in [2.24, 2.45) is 0 Å². The van der Waals surface area contributed by atoms with Gasteiger partial charge in [0, 0.05) is 62.2 Å². The van der Waals surface area contributed by atoms with Gasteiger partial charge in [0.15, 0.2) is 0 Å². The van der Waals surface area contributed by atoms with E-state index in [1.165, 1.54) is 16.0 Å². The summed E-state index contributed by atoms with van der Waals surface area (Å²) < 4.78 is 6.36. The average Bonchev–Trinajstić information content (AvgIpc) is 3.58. The van der Waals surface area contributed by atoms with E-state index in [1.807, 2.05) is 17.8 Å². The molecule has 0 aliphatic carbocycles. The molecule has 2 aliphatic heterocycles. The molecule has 0 atom stereocenters. The topological polar surface area (TPSA) is 98.4 Å². The summed E-state index contributed by atoms with van der Waals surface area (Å²) in [6.45, 7) is 7.38. The van der Waals surface area contributed by atoms with E-state index in [-0.39, 0.29) is 0 Å². The number of amides is 1. The molecule has 2 aliphatic rings. The largest absolute Gasteiger partial charge is 0.379 e. The predicted molar refractivity (Wildman–Crippen MR) is 150 cm³/mol. The molecule has 4 aromatic rings. The number of nitrogens with zero attached hydrogens (tertiary/aromatic N) is 4. The number of fused-ring (bicyclic) bond motifs is 2. The second-order valence-corrected chi connectivity index (χ2v) is 10.1. The molecule has 194 valence electrons. The minimum atomic E-state index is 0.737. The van der Waals surface area contributed by atoms with Gasteiger partial charge in [-0.25, -0.2) is 9.97 Å². The molecule has 0 radical (unpaired) electrons. The average molecular weight is 520 g/mol. The van der Waals surface area contributed by atoms with Gasteiger partial charge in [-0.15, -0.1) is 11.3 Å². The SMILES string of the molecule is CN1CC=C(c2cc3c(Nc4ccc5ncsc5c4)ccnc3[nH]2)CC1.O=CNCCN1CCOCC1. The monoisotopic (exact) mass is 519 g/mol. The lowest BCUT2D eigenvalue weighted by Crippen LogP contribution is -2.40. The number of likely N-dealkylation sites (N-methyl/N-ethyl adjacent to an activating group) is 1. The number of rotatable bonds is 7. The highest BCUT2D eigenvalue weighted by molar-refractivity contribution is 7.16. The summed E-state index contributed by atoms with van der Waals surface area (Å²) >= 11 is 1.66. The number of pyridine rings is 1. The molecule has 1 amide bonds. The lowest BCUT2D eigenvalue weighted by molar-refractivity contribution is -0.109. The maximum absolute atomic E-state index is 9.89. The number of hydrogen-bond acceptors (Lipinski definition) is 8. The van der Waals surface area contributed by atoms with Crippen LogP contribution in [0, 0.1) is 0 Å². The fraction of sp³-hybridized carbons (Fsp3) is 0.370. The molecule has 5 heterocycles. The number of morpholine rings is 1. The van der Waals surface area contributed by atoms with Crippen LogP contribution >= 0.6 is 11.3 Å². The zero-order valence-corrected chi connectivity index (χ0v) is 21.9. The van der Waals surface area contributed by atoms with Gasteiger partial charge in [0.2, 0.25) is 6.41 Å². The van der Waals surface area contributed by atoms with Gasteiger partial charge in [0.25, 0.3) is 0 Å². The van der Waals surface area contributed by atoms with Gasteiger partial charge >= 0.3 is 0 Å². The van der Waals surface area contributed by atoms with E-state index < -0.39 is 0 Å². The van der Waals surface area contributed by atoms with Crippen LogP contribution in [0.2, 0.25) is 0 Å². The zero-order chi connectivity index (χ0) is 25.5. The number of nitrogens with one attached hydrogen (secondary N) is 3. The van der Waals surface area contributed by atoms with Gasteiger partial charge in [-0.1, -0.05) is 6.08 Å². The highest BCUT2D eigenvalue weighted by Crippen LogP contribution is 2.31. The summed E-state index contributed by atoms with van der Waals surface area (Å²) in [4.78, 5) is 26.8. The lowest BCUT2D eigenvalue weighted by atomic mass is 10.1. The Kier molecular flexibility index (Phi) is 8.42. The first-order valence-corrected chi connectivity index (χ1v) is 13.5. The Morgan fingerprint density at radius 1 is 1.16 bits per heavy atom. The Morgan fingerprint density at radius 3 is 2.86 bits per heavy atom. The van der Waals surface area contributed by atoms with Crippen molar-refractivity contribution in [1.29, 1.82) is 0 Å². The van der Waals surface area contributed by atoms with Gasteiger partial charge in [-0.3, -0.25) is 9.69 Å². The van der Waals surface area contributed by atoms with Crippen LogP contribution in [0.1, 0.15) is 12.1 Å². The minimum absolute atomic E-state index is 0.737. The Morgan fingerprint density at radius 2 is 2.05 bits per heavy atom. The van der Waals surface area contributed by atoms with Crippen LogP contribution in [0.15, 0.2) is 48.1 Å². The second-order valence-electron chi connectivity index (χ2n) is 9.23. The number of anilines is 2. The number of H-pyrrole nitrogens is 1. The van der Waals surface area contributed by atoms with Crippen molar-refractivity contribution in [2.75, 3.05) is 64.8 Å². The van der Waals surface area contributed by atoms with E-state index in [1.54, 1.807) is 11.3 Å². The molecule has 3 N–H and O–H groups in total. The number of aromatic nitrogens is 3. The smallest absolute Gasteiger partial charge is 0.207 e. The molecule has 1 saturated heterocycles. The summed E-state index contributed by atoms with van der Waals surface area (Å²) in [5, 5.41) is 7.29. The maximum atomic E-state index is 9.89. The normalized spacial score (nSPS) is 16.7. The molecule has 0 spiro atoms. The minimum Gasteiger partial charge on any atom is -0.379 e. The number of thiazole rings is 1. The van der Waals surface area contributed by atoms with Crippen molar-refractivity contribution in [3.05, 3.63) is 53.8 Å². The fourth-order valence-corrected chi connectivity index (χ4v) is 5.24. The number of hydrogen-bond donors (Lipinski definition) is 3. The van der Waals surface area contributed by atoms with Gasteiger partial charge in [-0.05, 0) is 49.4 Å². The Labute approximate surface area is 220 Å². The third-order valence-electron chi connectivity index (χ3n) is 6.66. The third kappa shape index (κ3) is 6.53. The van der Waals surface area contributed by atoms with Crippen molar-refractivity contribution in [2.45, 2.75) is 6.42 Å². The first-order valence-electron chi connectivity index (χ1n) is 12.6. The predicted octanol–water partition coefficient (Wildman–Crippen LogP) is 3.70. The maximum Gasteiger partial charge on any atom is 0.207 e. The van der Waals surface area contributed by atoms with Crippen LogP contribution < -0.4 is 10.6 Å². The fourth-order valence-electron chi connectivity index (χ4n) is 4.52. The van der Waals surface area contributed by atoms with Crippen molar-refractivity contribution in [1.82, 2.24) is 30.1 Å². The zero-order valence-electron chi connectivity index (χ0n) is 21.1. The van der Waals surface area contributed by atoms with E-state index in [0.717, 1.165) is 93.2 Å². The lowest BCUT2D eigenvalue weighted by Gasteiger charge is -2.26. The molecule has 37 heavy (non-hydrogen) atoms. The van der Waals surface area contributed by atoms with E-state index in [4.69, 9.17) is 4.74 Å². The molecule has 1 aromatic carbocycles. The summed E-state index contributed by atoms with van der Waals surface area (Å²) in [5.41, 5.74) is 8.52. The van der Waals surface area contributed by atoms with Gasteiger partial charge in [0.1, 0.15) is 5.65 Å². The van der Waals surface area contributed by atoms with Crippen molar-refractivity contribution in [3.8, 4) is 0 Å². The molecule has 0 saturated carbocycles. The molecule has 10 heteroatoms. The number of carbonyl (C=O) groups is 1. The number of aromatic amines is 1. The number of carbonyl (C=O) groups excluding carboxylic acids is 1. The van der Waals surface area contributed by atoms with Crippen molar-refractivity contribution in [3.63, 3.8) is 0 Å². The molecule has 3 aromatic heterocycles. The Hall–Kier alpha value is -3.31. The van der Waals surface area contributed by atoms with Crippen molar-refractivity contribution >= 4 is 55.9 Å². The Balaban J connectivity index is 0.000000215. The summed E-state index contributed by atoms with van der Waals surface area (Å²) in [6.07, 6.45) is 5.95. The molecule has 9 nitrogen and oxygen atoms in total. The number of benzene rings is 1. The van der Waals surface area contributed by atoms with E-state index in [9.17, 15) is 4.79 Å². The van der Waals surface area contributed by atoms with Crippen LogP contribution in [0.3, 0.4) is 0 Å². The van der Waals surface area contributed by atoms with Gasteiger partial charge in [0.05, 0.1) is 34.6 Å². The van der Waals surface area contributed by atoms with Gasteiger partial charge < -0.3 is 25.3 Å². The first-order chi connectivity index (χ1) is 18.2. The van der Waals surface area contributed by atoms with Crippen molar-refractivity contribution < 1.29 is 9.53 Å². The molecule has 0 bridgehead atoms.